The summed E-state index contributed by atoms with van der Waals surface area (Å²) in [7, 11) is 0. The first-order chi connectivity index (χ1) is 11.4. The number of anilines is 1. The lowest BCUT2D eigenvalue weighted by Crippen LogP contribution is -2.48. The maximum atomic E-state index is 12.5. The van der Waals surface area contributed by atoms with Crippen LogP contribution in [0, 0.1) is 0 Å². The van der Waals surface area contributed by atoms with Crippen molar-refractivity contribution in [3.8, 4) is 0 Å². The zero-order valence-corrected chi connectivity index (χ0v) is 14.2. The van der Waals surface area contributed by atoms with E-state index in [1.165, 1.54) is 6.92 Å². The largest absolute Gasteiger partial charge is 0.451 e. The predicted molar refractivity (Wildman–Crippen MR) is 91.3 cm³/mol. The number of ether oxygens (including phenoxy) is 1. The number of hydrogen-bond donors (Lipinski definition) is 1. The number of nitrogens with zero attached hydrogens (tertiary/aromatic N) is 1. The highest BCUT2D eigenvalue weighted by Crippen LogP contribution is 2.31. The van der Waals surface area contributed by atoms with Crippen molar-refractivity contribution in [2.45, 2.75) is 33.0 Å². The number of morpholine rings is 1. The molecule has 1 aromatic carbocycles. The molecule has 0 saturated carbocycles. The lowest BCUT2D eigenvalue weighted by atomic mass is 10.2. The van der Waals surface area contributed by atoms with Crippen molar-refractivity contribution in [2.24, 2.45) is 0 Å². The van der Waals surface area contributed by atoms with Gasteiger partial charge in [-0.3, -0.25) is 14.5 Å². The molecule has 6 nitrogen and oxygen atoms in total. The summed E-state index contributed by atoms with van der Waals surface area (Å²) >= 11 is 0. The van der Waals surface area contributed by atoms with Crippen molar-refractivity contribution in [2.75, 3.05) is 25.0 Å². The Morgan fingerprint density at radius 1 is 1.21 bits per heavy atom. The molecule has 1 N–H and O–H groups in total. The predicted octanol–water partition coefficient (Wildman–Crippen LogP) is 2.68. The summed E-state index contributed by atoms with van der Waals surface area (Å²) in [6, 6.07) is 7.29. The number of hydrogen-bond acceptors (Lipinski definition) is 5. The molecule has 2 heterocycles. The highest BCUT2D eigenvalue weighted by Gasteiger charge is 2.25. The first-order valence-corrected chi connectivity index (χ1v) is 8.14. The second-order valence-corrected chi connectivity index (χ2v) is 6.36. The SMILES string of the molecule is CC(=O)c1oc2ccccc2c1NC(=O)CN1C[C@@H](C)O[C@H](C)C1. The second-order valence-electron chi connectivity index (χ2n) is 6.36. The zero-order chi connectivity index (χ0) is 17.3. The average molecular weight is 330 g/mol. The molecule has 0 radical (unpaired) electrons. The molecule has 1 aliphatic heterocycles. The normalized spacial score (nSPS) is 21.8. The average Bonchev–Trinajstić information content (AvgIpc) is 2.85. The quantitative estimate of drug-likeness (QED) is 0.873. The molecule has 0 unspecified atom stereocenters. The van der Waals surface area contributed by atoms with Gasteiger partial charge in [0.15, 0.2) is 11.5 Å². The standard InChI is InChI=1S/C18H22N2O4/c1-11-8-20(9-12(2)23-11)10-16(22)19-17-14-6-4-5-7-15(14)24-18(17)13(3)21/h4-7,11-12H,8-10H2,1-3H3,(H,19,22)/t11-,12-/m1/s1. The number of Topliss-reactive ketones (excluding diaryl/α,β-unsaturated/α-hetero) is 1. The summed E-state index contributed by atoms with van der Waals surface area (Å²) in [6.07, 6.45) is 0.202. The number of carbonyl (C=O) groups excluding carboxylic acids is 2. The van der Waals surface area contributed by atoms with E-state index in [0.717, 1.165) is 5.39 Å². The zero-order valence-electron chi connectivity index (χ0n) is 14.2. The number of ketones is 1. The lowest BCUT2D eigenvalue weighted by Gasteiger charge is -2.34. The molecule has 0 aliphatic carbocycles. The minimum absolute atomic E-state index is 0.101. The van der Waals surface area contributed by atoms with Crippen LogP contribution in [0.4, 0.5) is 5.69 Å². The van der Waals surface area contributed by atoms with Gasteiger partial charge in [0.2, 0.25) is 5.91 Å². The van der Waals surface area contributed by atoms with Gasteiger partial charge in [-0.25, -0.2) is 0 Å². The van der Waals surface area contributed by atoms with Crippen LogP contribution in [0.2, 0.25) is 0 Å². The van der Waals surface area contributed by atoms with Gasteiger partial charge in [-0.1, -0.05) is 12.1 Å². The third kappa shape index (κ3) is 3.49. The Morgan fingerprint density at radius 3 is 2.54 bits per heavy atom. The molecule has 1 amide bonds. The molecular weight excluding hydrogens is 308 g/mol. The lowest BCUT2D eigenvalue weighted by molar-refractivity contribution is -0.121. The molecule has 1 saturated heterocycles. The summed E-state index contributed by atoms with van der Waals surface area (Å²) in [5.41, 5.74) is 1.05. The van der Waals surface area contributed by atoms with Crippen LogP contribution in [0.3, 0.4) is 0 Å². The van der Waals surface area contributed by atoms with Gasteiger partial charge in [-0.05, 0) is 26.0 Å². The molecule has 6 heteroatoms. The van der Waals surface area contributed by atoms with Crippen molar-refractivity contribution in [3.63, 3.8) is 0 Å². The van der Waals surface area contributed by atoms with Gasteiger partial charge < -0.3 is 14.5 Å². The van der Waals surface area contributed by atoms with Crippen LogP contribution in [0.15, 0.2) is 28.7 Å². The molecule has 128 valence electrons. The number of furan rings is 1. The number of rotatable bonds is 4. The molecule has 3 rings (SSSR count). The van der Waals surface area contributed by atoms with Gasteiger partial charge in [-0.2, -0.15) is 0 Å². The monoisotopic (exact) mass is 330 g/mol. The third-order valence-corrected chi connectivity index (χ3v) is 4.04. The van der Waals surface area contributed by atoms with Gasteiger partial charge in [0.25, 0.3) is 0 Å². The first kappa shape index (κ1) is 16.7. The fourth-order valence-electron chi connectivity index (χ4n) is 3.21. The fraction of sp³-hybridized carbons (Fsp3) is 0.444. The molecular formula is C18H22N2O4. The van der Waals surface area contributed by atoms with E-state index in [-0.39, 0.29) is 36.2 Å². The molecule has 0 spiro atoms. The van der Waals surface area contributed by atoms with E-state index in [1.54, 1.807) is 6.07 Å². The summed E-state index contributed by atoms with van der Waals surface area (Å²) in [5, 5.41) is 3.59. The molecule has 1 fully saturated rings. The van der Waals surface area contributed by atoms with E-state index in [9.17, 15) is 9.59 Å². The molecule has 1 aromatic heterocycles. The van der Waals surface area contributed by atoms with Gasteiger partial charge in [0.1, 0.15) is 5.58 Å². The van der Waals surface area contributed by atoms with Crippen LogP contribution in [0.5, 0.6) is 0 Å². The fourth-order valence-corrected chi connectivity index (χ4v) is 3.21. The molecule has 1 aliphatic rings. The Balaban J connectivity index is 1.78. The van der Waals surface area contributed by atoms with Crippen molar-refractivity contribution in [3.05, 3.63) is 30.0 Å². The number of carbonyl (C=O) groups is 2. The minimum atomic E-state index is -0.213. The van der Waals surface area contributed by atoms with E-state index in [0.29, 0.717) is 24.4 Å². The molecule has 0 bridgehead atoms. The van der Waals surface area contributed by atoms with Crippen LogP contribution in [0.1, 0.15) is 31.3 Å². The van der Waals surface area contributed by atoms with Gasteiger partial charge in [0.05, 0.1) is 24.4 Å². The second kappa shape index (κ2) is 6.75. The van der Waals surface area contributed by atoms with Gasteiger partial charge >= 0.3 is 0 Å². The van der Waals surface area contributed by atoms with Gasteiger partial charge in [-0.15, -0.1) is 0 Å². The van der Waals surface area contributed by atoms with E-state index in [2.05, 4.69) is 10.2 Å². The van der Waals surface area contributed by atoms with E-state index >= 15 is 0 Å². The summed E-state index contributed by atoms with van der Waals surface area (Å²) in [4.78, 5) is 26.3. The van der Waals surface area contributed by atoms with Crippen LogP contribution in [-0.2, 0) is 9.53 Å². The minimum Gasteiger partial charge on any atom is -0.451 e. The van der Waals surface area contributed by atoms with Crippen molar-refractivity contribution >= 4 is 28.3 Å². The number of amides is 1. The van der Waals surface area contributed by atoms with Crippen molar-refractivity contribution < 1.29 is 18.7 Å². The number of benzene rings is 1. The third-order valence-electron chi connectivity index (χ3n) is 4.04. The topological polar surface area (TPSA) is 71.8 Å². The first-order valence-electron chi connectivity index (χ1n) is 8.14. The Hall–Kier alpha value is -2.18. The Bertz CT molecular complexity index is 757. The Morgan fingerprint density at radius 2 is 1.88 bits per heavy atom. The smallest absolute Gasteiger partial charge is 0.238 e. The summed E-state index contributed by atoms with van der Waals surface area (Å²) < 4.78 is 11.3. The molecule has 2 atom stereocenters. The molecule has 2 aromatic rings. The highest BCUT2D eigenvalue weighted by atomic mass is 16.5. The van der Waals surface area contributed by atoms with Crippen LogP contribution >= 0.6 is 0 Å². The number of para-hydroxylation sites is 1. The maximum absolute atomic E-state index is 12.5. The van der Waals surface area contributed by atoms with E-state index < -0.39 is 0 Å². The highest BCUT2D eigenvalue weighted by molar-refractivity contribution is 6.11. The summed E-state index contributed by atoms with van der Waals surface area (Å²) in [5.74, 6) is -0.186. The maximum Gasteiger partial charge on any atom is 0.238 e. The Kier molecular flexibility index (Phi) is 4.69. The van der Waals surface area contributed by atoms with Crippen LogP contribution in [-0.4, -0.2) is 48.4 Å². The number of nitrogens with one attached hydrogen (secondary N) is 1. The van der Waals surface area contributed by atoms with Crippen molar-refractivity contribution in [1.82, 2.24) is 4.90 Å². The van der Waals surface area contributed by atoms with Crippen molar-refractivity contribution in [1.29, 1.82) is 0 Å². The van der Waals surface area contributed by atoms with E-state index in [4.69, 9.17) is 9.15 Å². The number of fused-ring (bicyclic) bond motifs is 1. The van der Waals surface area contributed by atoms with Crippen LogP contribution < -0.4 is 5.32 Å². The van der Waals surface area contributed by atoms with Crippen LogP contribution in [0.25, 0.3) is 11.0 Å². The molecule has 24 heavy (non-hydrogen) atoms. The Labute approximate surface area is 140 Å². The van der Waals surface area contributed by atoms with E-state index in [1.807, 2.05) is 32.0 Å². The summed E-state index contributed by atoms with van der Waals surface area (Å²) in [6.45, 7) is 7.11. The van der Waals surface area contributed by atoms with Gasteiger partial charge in [0, 0.05) is 25.4 Å².